The van der Waals surface area contributed by atoms with E-state index in [9.17, 15) is 0 Å². The van der Waals surface area contributed by atoms with Gasteiger partial charge in [-0.05, 0) is 25.4 Å². The Hall–Kier alpha value is -0.0800. The van der Waals surface area contributed by atoms with Gasteiger partial charge in [0.15, 0.2) is 0 Å². The van der Waals surface area contributed by atoms with Gasteiger partial charge in [-0.1, -0.05) is 27.2 Å². The molecule has 0 fully saturated rings. The highest BCUT2D eigenvalue weighted by Gasteiger charge is 2.06. The van der Waals surface area contributed by atoms with Crippen molar-refractivity contribution in [2.45, 2.75) is 33.6 Å². The third-order valence-corrected chi connectivity index (χ3v) is 2.16. The SMILES string of the molecule is CCCCN(CC)CC(C)CO. The van der Waals surface area contributed by atoms with E-state index < -0.39 is 0 Å². The summed E-state index contributed by atoms with van der Waals surface area (Å²) in [6.07, 6.45) is 2.52. The Morgan fingerprint density at radius 1 is 1.33 bits per heavy atom. The molecule has 0 saturated carbocycles. The van der Waals surface area contributed by atoms with E-state index in [-0.39, 0.29) is 0 Å². The smallest absolute Gasteiger partial charge is 0.0468 e. The molecule has 0 aromatic carbocycles. The molecule has 0 aromatic rings. The summed E-state index contributed by atoms with van der Waals surface area (Å²) in [6, 6.07) is 0. The summed E-state index contributed by atoms with van der Waals surface area (Å²) >= 11 is 0. The number of hydrogen-bond donors (Lipinski definition) is 1. The van der Waals surface area contributed by atoms with Gasteiger partial charge in [-0.3, -0.25) is 0 Å². The van der Waals surface area contributed by atoms with Crippen LogP contribution in [0.2, 0.25) is 0 Å². The van der Waals surface area contributed by atoms with Gasteiger partial charge in [0.05, 0.1) is 0 Å². The Balaban J connectivity index is 3.51. The van der Waals surface area contributed by atoms with Crippen LogP contribution in [0.4, 0.5) is 0 Å². The zero-order valence-corrected chi connectivity index (χ0v) is 8.71. The number of unbranched alkanes of at least 4 members (excludes halogenated alkanes) is 1. The topological polar surface area (TPSA) is 23.5 Å². The van der Waals surface area contributed by atoms with Crippen molar-refractivity contribution in [3.8, 4) is 0 Å². The van der Waals surface area contributed by atoms with Gasteiger partial charge in [-0.25, -0.2) is 0 Å². The fraction of sp³-hybridized carbons (Fsp3) is 1.00. The van der Waals surface area contributed by atoms with Crippen LogP contribution in [0.3, 0.4) is 0 Å². The van der Waals surface area contributed by atoms with E-state index in [0.717, 1.165) is 13.1 Å². The molecule has 12 heavy (non-hydrogen) atoms. The van der Waals surface area contributed by atoms with Gasteiger partial charge in [0, 0.05) is 13.2 Å². The van der Waals surface area contributed by atoms with Crippen LogP contribution in [0.25, 0.3) is 0 Å². The van der Waals surface area contributed by atoms with Crippen molar-refractivity contribution >= 4 is 0 Å². The van der Waals surface area contributed by atoms with E-state index in [1.54, 1.807) is 0 Å². The zero-order chi connectivity index (χ0) is 9.40. The molecule has 1 atom stereocenters. The molecular formula is C10H23NO. The Morgan fingerprint density at radius 2 is 2.00 bits per heavy atom. The van der Waals surface area contributed by atoms with Crippen LogP contribution < -0.4 is 0 Å². The first kappa shape index (κ1) is 11.9. The monoisotopic (exact) mass is 173 g/mol. The van der Waals surface area contributed by atoms with Gasteiger partial charge in [0.1, 0.15) is 0 Å². The Bertz CT molecular complexity index is 95.8. The number of aliphatic hydroxyl groups is 1. The molecule has 2 heteroatoms. The van der Waals surface area contributed by atoms with Gasteiger partial charge in [0.2, 0.25) is 0 Å². The fourth-order valence-electron chi connectivity index (χ4n) is 1.26. The maximum atomic E-state index is 8.88. The lowest BCUT2D eigenvalue weighted by Gasteiger charge is -2.22. The Labute approximate surface area is 76.6 Å². The van der Waals surface area contributed by atoms with Crippen molar-refractivity contribution < 1.29 is 5.11 Å². The molecule has 74 valence electrons. The number of hydrogen-bond acceptors (Lipinski definition) is 2. The highest BCUT2D eigenvalue weighted by molar-refractivity contribution is 4.60. The van der Waals surface area contributed by atoms with E-state index in [1.807, 2.05) is 0 Å². The first-order chi connectivity index (χ1) is 5.74. The van der Waals surface area contributed by atoms with Crippen molar-refractivity contribution in [2.75, 3.05) is 26.2 Å². The van der Waals surface area contributed by atoms with E-state index >= 15 is 0 Å². The first-order valence-corrected chi connectivity index (χ1v) is 5.07. The maximum Gasteiger partial charge on any atom is 0.0468 e. The van der Waals surface area contributed by atoms with E-state index in [4.69, 9.17) is 5.11 Å². The summed E-state index contributed by atoms with van der Waals surface area (Å²) in [4.78, 5) is 2.41. The highest BCUT2D eigenvalue weighted by Crippen LogP contribution is 2.00. The molecule has 0 aromatic heterocycles. The minimum atomic E-state index is 0.308. The van der Waals surface area contributed by atoms with Gasteiger partial charge < -0.3 is 10.0 Å². The summed E-state index contributed by atoms with van der Waals surface area (Å²) in [6.45, 7) is 10.1. The van der Waals surface area contributed by atoms with E-state index in [2.05, 4.69) is 25.7 Å². The highest BCUT2D eigenvalue weighted by atomic mass is 16.3. The second-order valence-corrected chi connectivity index (χ2v) is 3.53. The van der Waals surface area contributed by atoms with Crippen LogP contribution >= 0.6 is 0 Å². The van der Waals surface area contributed by atoms with Gasteiger partial charge in [-0.15, -0.1) is 0 Å². The minimum Gasteiger partial charge on any atom is -0.396 e. The fourth-order valence-corrected chi connectivity index (χ4v) is 1.26. The molecule has 0 amide bonds. The first-order valence-electron chi connectivity index (χ1n) is 5.07. The van der Waals surface area contributed by atoms with Crippen LogP contribution in [-0.2, 0) is 0 Å². The molecule has 0 spiro atoms. The van der Waals surface area contributed by atoms with Crippen LogP contribution in [-0.4, -0.2) is 36.2 Å². The van der Waals surface area contributed by atoms with E-state index in [1.165, 1.54) is 19.4 Å². The zero-order valence-electron chi connectivity index (χ0n) is 8.71. The molecule has 0 rings (SSSR count). The van der Waals surface area contributed by atoms with Crippen molar-refractivity contribution in [1.82, 2.24) is 4.90 Å². The lowest BCUT2D eigenvalue weighted by molar-refractivity contribution is 0.176. The predicted molar refractivity (Wildman–Crippen MR) is 53.3 cm³/mol. The molecule has 0 aliphatic heterocycles. The Morgan fingerprint density at radius 3 is 2.42 bits per heavy atom. The quantitative estimate of drug-likeness (QED) is 0.634. The van der Waals surface area contributed by atoms with Crippen molar-refractivity contribution in [1.29, 1.82) is 0 Å². The van der Waals surface area contributed by atoms with Crippen LogP contribution in [0.5, 0.6) is 0 Å². The van der Waals surface area contributed by atoms with Crippen molar-refractivity contribution in [3.05, 3.63) is 0 Å². The second-order valence-electron chi connectivity index (χ2n) is 3.53. The summed E-state index contributed by atoms with van der Waals surface area (Å²) < 4.78 is 0. The lowest BCUT2D eigenvalue weighted by Crippen LogP contribution is -2.30. The minimum absolute atomic E-state index is 0.308. The van der Waals surface area contributed by atoms with E-state index in [0.29, 0.717) is 12.5 Å². The van der Waals surface area contributed by atoms with Gasteiger partial charge >= 0.3 is 0 Å². The van der Waals surface area contributed by atoms with Crippen LogP contribution in [0.15, 0.2) is 0 Å². The van der Waals surface area contributed by atoms with Gasteiger partial charge in [-0.2, -0.15) is 0 Å². The molecule has 0 aliphatic carbocycles. The third-order valence-electron chi connectivity index (χ3n) is 2.16. The average molecular weight is 173 g/mol. The molecule has 0 bridgehead atoms. The average Bonchev–Trinajstić information content (AvgIpc) is 2.11. The van der Waals surface area contributed by atoms with Crippen molar-refractivity contribution in [3.63, 3.8) is 0 Å². The summed E-state index contributed by atoms with van der Waals surface area (Å²) in [5.41, 5.74) is 0. The molecule has 0 heterocycles. The number of aliphatic hydroxyl groups excluding tert-OH is 1. The molecule has 0 radical (unpaired) electrons. The number of nitrogens with zero attached hydrogens (tertiary/aromatic N) is 1. The molecule has 2 nitrogen and oxygen atoms in total. The normalized spacial score (nSPS) is 13.8. The number of rotatable bonds is 7. The van der Waals surface area contributed by atoms with Crippen molar-refractivity contribution in [2.24, 2.45) is 5.92 Å². The van der Waals surface area contributed by atoms with Crippen LogP contribution in [0.1, 0.15) is 33.6 Å². The molecule has 1 unspecified atom stereocenters. The lowest BCUT2D eigenvalue weighted by atomic mass is 10.2. The second kappa shape index (κ2) is 7.56. The Kier molecular flexibility index (Phi) is 7.51. The largest absolute Gasteiger partial charge is 0.396 e. The molecule has 0 saturated heterocycles. The molecule has 0 aliphatic rings. The maximum absolute atomic E-state index is 8.88. The molecular weight excluding hydrogens is 150 g/mol. The standard InChI is InChI=1S/C10H23NO/c1-4-6-7-11(5-2)8-10(3)9-12/h10,12H,4-9H2,1-3H3. The van der Waals surface area contributed by atoms with Crippen LogP contribution in [0, 0.1) is 5.92 Å². The third kappa shape index (κ3) is 5.56. The summed E-state index contributed by atoms with van der Waals surface area (Å²) in [5.74, 6) is 0.418. The molecule has 1 N–H and O–H groups in total. The van der Waals surface area contributed by atoms with Gasteiger partial charge in [0.25, 0.3) is 0 Å². The summed E-state index contributed by atoms with van der Waals surface area (Å²) in [7, 11) is 0. The predicted octanol–water partition coefficient (Wildman–Crippen LogP) is 1.74. The summed E-state index contributed by atoms with van der Waals surface area (Å²) in [5, 5.41) is 8.88.